The van der Waals surface area contributed by atoms with Gasteiger partial charge in [0.2, 0.25) is 0 Å². The van der Waals surface area contributed by atoms with Gasteiger partial charge >= 0.3 is 0 Å². The summed E-state index contributed by atoms with van der Waals surface area (Å²) >= 11 is 0. The van der Waals surface area contributed by atoms with Gasteiger partial charge in [-0.25, -0.2) is 0 Å². The van der Waals surface area contributed by atoms with Gasteiger partial charge in [0, 0.05) is 7.11 Å². The maximum absolute atomic E-state index is 10.1. The molecule has 0 unspecified atom stereocenters. The van der Waals surface area contributed by atoms with Crippen LogP contribution in [-0.4, -0.2) is 27.1 Å². The van der Waals surface area contributed by atoms with Crippen molar-refractivity contribution in [1.29, 1.82) is 0 Å². The van der Waals surface area contributed by atoms with Crippen LogP contribution >= 0.6 is 0 Å². The summed E-state index contributed by atoms with van der Waals surface area (Å²) in [6, 6.07) is 0. The van der Waals surface area contributed by atoms with Crippen LogP contribution in [0.1, 0.15) is 0 Å². The zero-order chi connectivity index (χ0) is 7.11. The number of rotatable bonds is 4. The van der Waals surface area contributed by atoms with Crippen molar-refractivity contribution < 1.29 is 14.3 Å². The van der Waals surface area contributed by atoms with Gasteiger partial charge in [-0.3, -0.25) is 4.79 Å². The Bertz CT molecular complexity index is 107. The Balaban J connectivity index is 3.66. The summed E-state index contributed by atoms with van der Waals surface area (Å²) in [7, 11) is 3.01. The van der Waals surface area contributed by atoms with Crippen molar-refractivity contribution in [3.63, 3.8) is 0 Å². The molecule has 0 saturated carbocycles. The van der Waals surface area contributed by atoms with E-state index in [4.69, 9.17) is 0 Å². The molecule has 52 valence electrons. The van der Waals surface area contributed by atoms with E-state index in [2.05, 4.69) is 9.47 Å². The Morgan fingerprint density at radius 2 is 2.22 bits per heavy atom. The third-order valence-electron chi connectivity index (χ3n) is 0.732. The molecular formula is C6H10O3. The molecule has 3 nitrogen and oxygen atoms in total. The summed E-state index contributed by atoms with van der Waals surface area (Å²) < 4.78 is 9.24. The SMILES string of the molecule is CO/C=C(/C=O)COC. The largest absolute Gasteiger partial charge is 0.504 e. The Kier molecular flexibility index (Phi) is 4.82. The number of ether oxygens (including phenoxy) is 2. The van der Waals surface area contributed by atoms with Gasteiger partial charge < -0.3 is 9.47 Å². The van der Waals surface area contributed by atoms with E-state index in [0.717, 1.165) is 0 Å². The fraction of sp³-hybridized carbons (Fsp3) is 0.500. The average molecular weight is 130 g/mol. The Labute approximate surface area is 54.3 Å². The van der Waals surface area contributed by atoms with Gasteiger partial charge in [0.1, 0.15) is 0 Å². The van der Waals surface area contributed by atoms with Crippen LogP contribution in [0.25, 0.3) is 0 Å². The fourth-order valence-corrected chi connectivity index (χ4v) is 0.414. The van der Waals surface area contributed by atoms with Gasteiger partial charge in [0.25, 0.3) is 0 Å². The highest BCUT2D eigenvalue weighted by Gasteiger charge is 1.91. The molecule has 0 aromatic carbocycles. The molecule has 0 aliphatic heterocycles. The Morgan fingerprint density at radius 3 is 2.56 bits per heavy atom. The third-order valence-corrected chi connectivity index (χ3v) is 0.732. The monoisotopic (exact) mass is 130 g/mol. The van der Waals surface area contributed by atoms with Crippen LogP contribution in [0.3, 0.4) is 0 Å². The van der Waals surface area contributed by atoms with Crippen LogP contribution in [0.15, 0.2) is 11.8 Å². The van der Waals surface area contributed by atoms with Crippen molar-refractivity contribution in [2.45, 2.75) is 0 Å². The van der Waals surface area contributed by atoms with Gasteiger partial charge in [0.05, 0.1) is 25.6 Å². The number of methoxy groups -OCH3 is 2. The molecule has 0 aliphatic rings. The quantitative estimate of drug-likeness (QED) is 0.313. The first-order chi connectivity index (χ1) is 4.35. The molecule has 0 rings (SSSR count). The lowest BCUT2D eigenvalue weighted by atomic mass is 10.4. The summed E-state index contributed by atoms with van der Waals surface area (Å²) in [4.78, 5) is 10.1. The molecule has 0 N–H and O–H groups in total. The summed E-state index contributed by atoms with van der Waals surface area (Å²) in [6.45, 7) is 0.303. The van der Waals surface area contributed by atoms with E-state index in [-0.39, 0.29) is 0 Å². The highest BCUT2D eigenvalue weighted by atomic mass is 16.5. The van der Waals surface area contributed by atoms with Crippen LogP contribution in [0, 0.1) is 0 Å². The lowest BCUT2D eigenvalue weighted by Gasteiger charge is -1.94. The molecule has 0 atom stereocenters. The molecule has 0 bridgehead atoms. The van der Waals surface area contributed by atoms with Gasteiger partial charge in [0.15, 0.2) is 6.29 Å². The van der Waals surface area contributed by atoms with E-state index in [9.17, 15) is 4.79 Å². The number of hydrogen-bond acceptors (Lipinski definition) is 3. The Morgan fingerprint density at radius 1 is 1.56 bits per heavy atom. The summed E-state index contributed by atoms with van der Waals surface area (Å²) in [5, 5.41) is 0. The van der Waals surface area contributed by atoms with Crippen LogP contribution in [0.4, 0.5) is 0 Å². The molecule has 0 aromatic rings. The van der Waals surface area contributed by atoms with Crippen molar-refractivity contribution in [3.8, 4) is 0 Å². The van der Waals surface area contributed by atoms with E-state index < -0.39 is 0 Å². The van der Waals surface area contributed by atoms with Crippen molar-refractivity contribution >= 4 is 6.29 Å². The van der Waals surface area contributed by atoms with Crippen molar-refractivity contribution in [3.05, 3.63) is 11.8 Å². The highest BCUT2D eigenvalue weighted by molar-refractivity contribution is 5.72. The van der Waals surface area contributed by atoms with Gasteiger partial charge in [-0.1, -0.05) is 0 Å². The summed E-state index contributed by atoms with van der Waals surface area (Å²) in [6.07, 6.45) is 2.06. The maximum Gasteiger partial charge on any atom is 0.151 e. The maximum atomic E-state index is 10.1. The predicted molar refractivity (Wildman–Crippen MR) is 33.0 cm³/mol. The smallest absolute Gasteiger partial charge is 0.151 e. The van der Waals surface area contributed by atoms with E-state index >= 15 is 0 Å². The number of carbonyl (C=O) groups excluding carboxylic acids is 1. The van der Waals surface area contributed by atoms with Crippen LogP contribution in [-0.2, 0) is 14.3 Å². The molecule has 0 heterocycles. The molecule has 0 saturated heterocycles. The highest BCUT2D eigenvalue weighted by Crippen LogP contribution is 1.88. The average Bonchev–Trinajstić information content (AvgIpc) is 1.88. The standard InChI is InChI=1S/C6H10O3/c1-8-4-6(3-7)5-9-2/h3-4H,5H2,1-2H3/b6-4-. The van der Waals surface area contributed by atoms with E-state index in [1.807, 2.05) is 0 Å². The van der Waals surface area contributed by atoms with Crippen LogP contribution in [0.2, 0.25) is 0 Å². The number of aldehydes is 1. The lowest BCUT2D eigenvalue weighted by molar-refractivity contribution is -0.105. The molecular weight excluding hydrogens is 120 g/mol. The fourth-order valence-electron chi connectivity index (χ4n) is 0.414. The number of hydrogen-bond donors (Lipinski definition) is 0. The molecule has 3 heteroatoms. The van der Waals surface area contributed by atoms with Crippen LogP contribution in [0.5, 0.6) is 0 Å². The first-order valence-corrected chi connectivity index (χ1v) is 2.51. The van der Waals surface area contributed by atoms with Crippen molar-refractivity contribution in [2.75, 3.05) is 20.8 Å². The minimum atomic E-state index is 0.303. The minimum absolute atomic E-state index is 0.303. The second kappa shape index (κ2) is 5.31. The lowest BCUT2D eigenvalue weighted by Crippen LogP contribution is -1.95. The van der Waals surface area contributed by atoms with Gasteiger partial charge in [-0.15, -0.1) is 0 Å². The molecule has 0 aliphatic carbocycles. The Hall–Kier alpha value is -0.830. The predicted octanol–water partition coefficient (Wildman–Crippen LogP) is 0.362. The van der Waals surface area contributed by atoms with Crippen molar-refractivity contribution in [2.24, 2.45) is 0 Å². The molecule has 0 amide bonds. The van der Waals surface area contributed by atoms with E-state index in [0.29, 0.717) is 18.5 Å². The first-order valence-electron chi connectivity index (χ1n) is 2.51. The topological polar surface area (TPSA) is 35.5 Å². The summed E-state index contributed by atoms with van der Waals surface area (Å²) in [5.41, 5.74) is 0.500. The second-order valence-corrected chi connectivity index (χ2v) is 1.48. The molecule has 0 spiro atoms. The number of carbonyl (C=O) groups is 1. The van der Waals surface area contributed by atoms with Crippen molar-refractivity contribution in [1.82, 2.24) is 0 Å². The minimum Gasteiger partial charge on any atom is -0.504 e. The zero-order valence-electron chi connectivity index (χ0n) is 5.59. The summed E-state index contributed by atoms with van der Waals surface area (Å²) in [5.74, 6) is 0. The normalized spacial score (nSPS) is 11.1. The molecule has 0 aromatic heterocycles. The van der Waals surface area contributed by atoms with Gasteiger partial charge in [-0.05, 0) is 0 Å². The van der Waals surface area contributed by atoms with E-state index in [1.54, 1.807) is 0 Å². The van der Waals surface area contributed by atoms with Crippen LogP contribution < -0.4 is 0 Å². The second-order valence-electron chi connectivity index (χ2n) is 1.48. The van der Waals surface area contributed by atoms with Gasteiger partial charge in [-0.2, -0.15) is 0 Å². The molecule has 0 radical (unpaired) electrons. The molecule has 0 fully saturated rings. The molecule has 9 heavy (non-hydrogen) atoms. The first kappa shape index (κ1) is 8.17. The zero-order valence-corrected chi connectivity index (χ0v) is 5.59. The third kappa shape index (κ3) is 3.73. The van der Waals surface area contributed by atoms with E-state index in [1.165, 1.54) is 20.5 Å².